The summed E-state index contributed by atoms with van der Waals surface area (Å²) in [7, 11) is 0. The highest BCUT2D eigenvalue weighted by Crippen LogP contribution is 2.25. The van der Waals surface area contributed by atoms with E-state index in [0.29, 0.717) is 0 Å². The van der Waals surface area contributed by atoms with Crippen molar-refractivity contribution in [1.82, 2.24) is 4.98 Å². The van der Waals surface area contributed by atoms with Gasteiger partial charge in [0, 0.05) is 6.07 Å². The third-order valence-electron chi connectivity index (χ3n) is 2.97. The van der Waals surface area contributed by atoms with Crippen LogP contribution in [0.1, 0.15) is 18.4 Å². The Balaban J connectivity index is 2.24. The van der Waals surface area contributed by atoms with E-state index in [-0.39, 0.29) is 22.6 Å². The van der Waals surface area contributed by atoms with Crippen LogP contribution in [0.5, 0.6) is 0 Å². The first-order valence-corrected chi connectivity index (χ1v) is 6.53. The second kappa shape index (κ2) is 6.32. The fourth-order valence-electron chi connectivity index (χ4n) is 1.79. The maximum Gasteiger partial charge on any atom is 0.311 e. The van der Waals surface area contributed by atoms with Gasteiger partial charge in [-0.3, -0.25) is 14.9 Å². The van der Waals surface area contributed by atoms with Crippen molar-refractivity contribution in [3.05, 3.63) is 63.3 Å². The van der Waals surface area contributed by atoms with Crippen LogP contribution < -0.4 is 5.32 Å². The SMILES string of the molecule is CC(C(=O)Nc1nc(Cl)ccc1[N+](=O)[O-])c1ccccc1. The summed E-state index contributed by atoms with van der Waals surface area (Å²) in [5, 5.41) is 13.5. The Bertz CT molecular complexity index is 676. The topological polar surface area (TPSA) is 85.1 Å². The lowest BCUT2D eigenvalue weighted by Crippen LogP contribution is -2.20. The van der Waals surface area contributed by atoms with Gasteiger partial charge in [-0.15, -0.1) is 0 Å². The molecular formula is C14H12ClN3O3. The van der Waals surface area contributed by atoms with Gasteiger partial charge in [-0.2, -0.15) is 0 Å². The summed E-state index contributed by atoms with van der Waals surface area (Å²) < 4.78 is 0. The summed E-state index contributed by atoms with van der Waals surface area (Å²) in [4.78, 5) is 26.3. The van der Waals surface area contributed by atoms with Gasteiger partial charge < -0.3 is 5.32 Å². The standard InChI is InChI=1S/C14H12ClN3O3/c1-9(10-5-3-2-4-6-10)14(19)17-13-11(18(20)21)7-8-12(15)16-13/h2-9H,1H3,(H,16,17,19). The molecule has 0 radical (unpaired) electrons. The Hall–Kier alpha value is -2.47. The van der Waals surface area contributed by atoms with Gasteiger partial charge in [0.05, 0.1) is 10.8 Å². The van der Waals surface area contributed by atoms with Gasteiger partial charge in [-0.25, -0.2) is 4.98 Å². The number of aromatic nitrogens is 1. The van der Waals surface area contributed by atoms with E-state index in [1.54, 1.807) is 6.92 Å². The number of pyridine rings is 1. The molecule has 1 heterocycles. The lowest BCUT2D eigenvalue weighted by atomic mass is 10.0. The maximum atomic E-state index is 12.2. The number of anilines is 1. The average molecular weight is 306 g/mol. The number of carbonyl (C=O) groups excluding carboxylic acids is 1. The van der Waals surface area contributed by atoms with Crippen LogP contribution in [-0.2, 0) is 4.79 Å². The first-order valence-electron chi connectivity index (χ1n) is 6.16. The third kappa shape index (κ3) is 3.55. The Labute approximate surface area is 125 Å². The smallest absolute Gasteiger partial charge is 0.304 e. The minimum atomic E-state index is -0.619. The van der Waals surface area contributed by atoms with Crippen molar-refractivity contribution < 1.29 is 9.72 Å². The van der Waals surface area contributed by atoms with Crippen molar-refractivity contribution in [3.63, 3.8) is 0 Å². The molecule has 0 aliphatic rings. The van der Waals surface area contributed by atoms with Crippen LogP contribution in [0.3, 0.4) is 0 Å². The first-order chi connectivity index (χ1) is 9.99. The Morgan fingerprint density at radius 3 is 2.57 bits per heavy atom. The van der Waals surface area contributed by atoms with Gasteiger partial charge in [-0.1, -0.05) is 41.9 Å². The number of carbonyl (C=O) groups is 1. The van der Waals surface area contributed by atoms with Crippen molar-refractivity contribution in [2.75, 3.05) is 5.32 Å². The van der Waals surface area contributed by atoms with E-state index >= 15 is 0 Å². The zero-order chi connectivity index (χ0) is 15.4. The molecule has 21 heavy (non-hydrogen) atoms. The van der Waals surface area contributed by atoms with Crippen LogP contribution in [0.2, 0.25) is 5.15 Å². The fraction of sp³-hybridized carbons (Fsp3) is 0.143. The number of amides is 1. The minimum absolute atomic E-state index is 0.0725. The summed E-state index contributed by atoms with van der Waals surface area (Å²) >= 11 is 5.72. The normalized spacial score (nSPS) is 11.7. The summed E-state index contributed by atoms with van der Waals surface area (Å²) in [5.74, 6) is -1.01. The molecule has 0 fully saturated rings. The number of halogens is 1. The van der Waals surface area contributed by atoms with Crippen molar-refractivity contribution in [3.8, 4) is 0 Å². The maximum absolute atomic E-state index is 12.2. The Morgan fingerprint density at radius 2 is 1.95 bits per heavy atom. The lowest BCUT2D eigenvalue weighted by molar-refractivity contribution is -0.384. The number of nitro groups is 1. The van der Waals surface area contributed by atoms with Gasteiger partial charge in [-0.05, 0) is 18.6 Å². The molecular weight excluding hydrogens is 294 g/mol. The number of hydrogen-bond acceptors (Lipinski definition) is 4. The monoisotopic (exact) mass is 305 g/mol. The minimum Gasteiger partial charge on any atom is -0.304 e. The number of nitrogens with zero attached hydrogens (tertiary/aromatic N) is 2. The predicted molar refractivity (Wildman–Crippen MR) is 79.4 cm³/mol. The van der Waals surface area contributed by atoms with Gasteiger partial charge in [0.2, 0.25) is 11.7 Å². The summed E-state index contributed by atoms with van der Waals surface area (Å²) in [6, 6.07) is 11.6. The highest BCUT2D eigenvalue weighted by molar-refractivity contribution is 6.29. The van der Waals surface area contributed by atoms with Crippen LogP contribution in [0.15, 0.2) is 42.5 Å². The molecule has 1 aromatic carbocycles. The van der Waals surface area contributed by atoms with Gasteiger partial charge in [0.25, 0.3) is 0 Å². The first kappa shape index (κ1) is 14.9. The molecule has 0 aliphatic carbocycles. The van der Waals surface area contributed by atoms with E-state index in [0.717, 1.165) is 5.56 Å². The van der Waals surface area contributed by atoms with Crippen LogP contribution in [0, 0.1) is 10.1 Å². The molecule has 108 valence electrons. The molecule has 0 spiro atoms. The molecule has 7 heteroatoms. The number of benzene rings is 1. The number of nitrogens with one attached hydrogen (secondary N) is 1. The predicted octanol–water partition coefficient (Wildman–Crippen LogP) is 3.39. The van der Waals surface area contributed by atoms with Crippen LogP contribution in [0.25, 0.3) is 0 Å². The molecule has 0 bridgehead atoms. The molecule has 1 atom stereocenters. The number of hydrogen-bond donors (Lipinski definition) is 1. The van der Waals surface area contributed by atoms with Crippen molar-refractivity contribution >= 4 is 29.0 Å². The summed E-state index contributed by atoms with van der Waals surface area (Å²) in [5.41, 5.74) is 0.507. The fourth-order valence-corrected chi connectivity index (χ4v) is 1.93. The molecule has 0 aliphatic heterocycles. The van der Waals surface area contributed by atoms with Crippen molar-refractivity contribution in [2.45, 2.75) is 12.8 Å². The zero-order valence-electron chi connectivity index (χ0n) is 11.1. The lowest BCUT2D eigenvalue weighted by Gasteiger charge is -2.12. The zero-order valence-corrected chi connectivity index (χ0v) is 11.9. The second-order valence-corrected chi connectivity index (χ2v) is 4.77. The van der Waals surface area contributed by atoms with Crippen LogP contribution in [0.4, 0.5) is 11.5 Å². The van der Waals surface area contributed by atoms with Crippen molar-refractivity contribution in [1.29, 1.82) is 0 Å². The molecule has 0 saturated carbocycles. The Kier molecular flexibility index (Phi) is 4.49. The summed E-state index contributed by atoms with van der Waals surface area (Å²) in [6.45, 7) is 1.71. The number of rotatable bonds is 4. The quantitative estimate of drug-likeness (QED) is 0.533. The summed E-state index contributed by atoms with van der Waals surface area (Å²) in [6.07, 6.45) is 0. The molecule has 2 rings (SSSR count). The van der Waals surface area contributed by atoms with Crippen LogP contribution in [-0.4, -0.2) is 15.8 Å². The van der Waals surface area contributed by atoms with E-state index < -0.39 is 10.8 Å². The molecule has 2 aromatic rings. The van der Waals surface area contributed by atoms with Gasteiger partial charge in [0.15, 0.2) is 0 Å². The van der Waals surface area contributed by atoms with E-state index in [1.165, 1.54) is 12.1 Å². The molecule has 0 saturated heterocycles. The molecule has 1 aromatic heterocycles. The van der Waals surface area contributed by atoms with Crippen LogP contribution >= 0.6 is 11.6 Å². The van der Waals surface area contributed by atoms with E-state index in [2.05, 4.69) is 10.3 Å². The third-order valence-corrected chi connectivity index (χ3v) is 3.18. The largest absolute Gasteiger partial charge is 0.311 e. The molecule has 1 unspecified atom stereocenters. The second-order valence-electron chi connectivity index (χ2n) is 4.38. The average Bonchev–Trinajstić information content (AvgIpc) is 2.47. The van der Waals surface area contributed by atoms with Crippen molar-refractivity contribution in [2.24, 2.45) is 0 Å². The highest BCUT2D eigenvalue weighted by Gasteiger charge is 2.21. The Morgan fingerprint density at radius 1 is 1.29 bits per heavy atom. The van der Waals surface area contributed by atoms with Gasteiger partial charge >= 0.3 is 5.69 Å². The van der Waals surface area contributed by atoms with E-state index in [4.69, 9.17) is 11.6 Å². The van der Waals surface area contributed by atoms with E-state index in [9.17, 15) is 14.9 Å². The van der Waals surface area contributed by atoms with E-state index in [1.807, 2.05) is 30.3 Å². The van der Waals surface area contributed by atoms with Gasteiger partial charge in [0.1, 0.15) is 5.15 Å². The molecule has 6 nitrogen and oxygen atoms in total. The molecule has 1 N–H and O–H groups in total. The highest BCUT2D eigenvalue weighted by atomic mass is 35.5. The molecule has 1 amide bonds.